The van der Waals surface area contributed by atoms with E-state index >= 15 is 0 Å². The summed E-state index contributed by atoms with van der Waals surface area (Å²) in [5, 5.41) is 3.65. The quantitative estimate of drug-likeness (QED) is 0.860. The molecule has 0 heterocycles. The number of carbonyl (C=O) groups excluding carboxylic acids is 1. The van der Waals surface area contributed by atoms with Crippen LogP contribution in [0.15, 0.2) is 42.5 Å². The maximum atomic E-state index is 12.3. The van der Waals surface area contributed by atoms with Gasteiger partial charge in [-0.3, -0.25) is 4.79 Å². The number of carbonyl (C=O) groups is 1. The van der Waals surface area contributed by atoms with Gasteiger partial charge >= 0.3 is 0 Å². The van der Waals surface area contributed by atoms with Crippen molar-refractivity contribution in [2.75, 3.05) is 0 Å². The monoisotopic (exact) mass is 301 g/mol. The minimum Gasteiger partial charge on any atom is -0.345 e. The van der Waals surface area contributed by atoms with E-state index in [-0.39, 0.29) is 11.9 Å². The molecule has 0 saturated heterocycles. The van der Waals surface area contributed by atoms with Gasteiger partial charge in [0.25, 0.3) is 5.91 Å². The van der Waals surface area contributed by atoms with Crippen LogP contribution in [0, 0.1) is 13.8 Å². The van der Waals surface area contributed by atoms with Crippen molar-refractivity contribution in [1.29, 1.82) is 0 Å². The second-order valence-corrected chi connectivity index (χ2v) is 5.72. The molecule has 2 nitrogen and oxygen atoms in total. The SMILES string of the molecule is CCC(NC(=O)c1cccc(Cl)c1)c1ccc(C)c(C)c1. The van der Waals surface area contributed by atoms with E-state index in [1.165, 1.54) is 11.1 Å². The van der Waals surface area contributed by atoms with E-state index in [4.69, 9.17) is 11.6 Å². The molecule has 3 heteroatoms. The molecule has 0 spiro atoms. The maximum absolute atomic E-state index is 12.3. The molecule has 0 aromatic heterocycles. The predicted octanol–water partition coefficient (Wildman–Crippen LogP) is 4.84. The Balaban J connectivity index is 2.18. The molecule has 0 radical (unpaired) electrons. The number of benzene rings is 2. The van der Waals surface area contributed by atoms with Crippen LogP contribution < -0.4 is 5.32 Å². The number of amides is 1. The molecule has 0 bridgehead atoms. The Bertz CT molecular complexity index is 651. The van der Waals surface area contributed by atoms with Crippen LogP contribution >= 0.6 is 11.6 Å². The number of halogens is 1. The van der Waals surface area contributed by atoms with E-state index in [0.29, 0.717) is 10.6 Å². The predicted molar refractivity (Wildman–Crippen MR) is 87.9 cm³/mol. The summed E-state index contributed by atoms with van der Waals surface area (Å²) in [4.78, 5) is 12.3. The number of hydrogen-bond acceptors (Lipinski definition) is 1. The Hall–Kier alpha value is -1.80. The van der Waals surface area contributed by atoms with Gasteiger partial charge in [0.1, 0.15) is 0 Å². The third-order valence-corrected chi connectivity index (χ3v) is 3.97. The summed E-state index contributed by atoms with van der Waals surface area (Å²) in [6.45, 7) is 6.24. The van der Waals surface area contributed by atoms with Gasteiger partial charge in [-0.15, -0.1) is 0 Å². The van der Waals surface area contributed by atoms with Crippen LogP contribution in [0.2, 0.25) is 5.02 Å². The van der Waals surface area contributed by atoms with E-state index in [1.807, 2.05) is 0 Å². The fraction of sp³-hybridized carbons (Fsp3) is 0.278. The van der Waals surface area contributed by atoms with Gasteiger partial charge in [0, 0.05) is 10.6 Å². The van der Waals surface area contributed by atoms with E-state index in [1.54, 1.807) is 24.3 Å². The van der Waals surface area contributed by atoms with Crippen LogP contribution in [0.4, 0.5) is 0 Å². The van der Waals surface area contributed by atoms with Gasteiger partial charge in [0.15, 0.2) is 0 Å². The zero-order chi connectivity index (χ0) is 15.4. The second kappa shape index (κ2) is 6.77. The summed E-state index contributed by atoms with van der Waals surface area (Å²) in [7, 11) is 0. The van der Waals surface area contributed by atoms with Gasteiger partial charge in [-0.25, -0.2) is 0 Å². The van der Waals surface area contributed by atoms with E-state index in [0.717, 1.165) is 12.0 Å². The first-order valence-corrected chi connectivity index (χ1v) is 7.52. The lowest BCUT2D eigenvalue weighted by molar-refractivity contribution is 0.0935. The molecule has 0 aliphatic rings. The lowest BCUT2D eigenvalue weighted by Gasteiger charge is -2.18. The van der Waals surface area contributed by atoms with Crippen molar-refractivity contribution in [3.05, 3.63) is 69.7 Å². The molecular formula is C18H20ClNO. The van der Waals surface area contributed by atoms with Crippen LogP contribution in [0.3, 0.4) is 0 Å². The second-order valence-electron chi connectivity index (χ2n) is 5.29. The zero-order valence-electron chi connectivity index (χ0n) is 12.6. The summed E-state index contributed by atoms with van der Waals surface area (Å²) < 4.78 is 0. The molecule has 0 aliphatic heterocycles. The van der Waals surface area contributed by atoms with Crippen LogP contribution in [-0.4, -0.2) is 5.91 Å². The van der Waals surface area contributed by atoms with E-state index < -0.39 is 0 Å². The molecule has 21 heavy (non-hydrogen) atoms. The van der Waals surface area contributed by atoms with Crippen molar-refractivity contribution >= 4 is 17.5 Å². The molecule has 0 fully saturated rings. The highest BCUT2D eigenvalue weighted by molar-refractivity contribution is 6.30. The molecule has 2 aromatic rings. The third kappa shape index (κ3) is 3.85. The number of hydrogen-bond donors (Lipinski definition) is 1. The van der Waals surface area contributed by atoms with E-state index in [2.05, 4.69) is 44.3 Å². The van der Waals surface area contributed by atoms with Gasteiger partial charge < -0.3 is 5.32 Å². The lowest BCUT2D eigenvalue weighted by Crippen LogP contribution is -2.28. The van der Waals surface area contributed by atoms with Crippen molar-refractivity contribution in [1.82, 2.24) is 5.32 Å². The highest BCUT2D eigenvalue weighted by Gasteiger charge is 2.14. The molecule has 0 saturated carbocycles. The summed E-state index contributed by atoms with van der Waals surface area (Å²) in [5.74, 6) is -0.0948. The largest absolute Gasteiger partial charge is 0.345 e. The van der Waals surface area contributed by atoms with E-state index in [9.17, 15) is 4.79 Å². The van der Waals surface area contributed by atoms with Crippen LogP contribution in [0.5, 0.6) is 0 Å². The fourth-order valence-corrected chi connectivity index (χ4v) is 2.46. The van der Waals surface area contributed by atoms with Crippen LogP contribution in [0.1, 0.15) is 46.4 Å². The Morgan fingerprint density at radius 3 is 2.52 bits per heavy atom. The first kappa shape index (κ1) is 15.6. The maximum Gasteiger partial charge on any atom is 0.251 e. The summed E-state index contributed by atoms with van der Waals surface area (Å²) >= 11 is 5.93. The molecule has 110 valence electrons. The number of rotatable bonds is 4. The molecular weight excluding hydrogens is 282 g/mol. The highest BCUT2D eigenvalue weighted by atomic mass is 35.5. The lowest BCUT2D eigenvalue weighted by atomic mass is 9.99. The molecule has 2 rings (SSSR count). The average molecular weight is 302 g/mol. The van der Waals surface area contributed by atoms with Crippen LogP contribution in [0.25, 0.3) is 0 Å². The smallest absolute Gasteiger partial charge is 0.251 e. The summed E-state index contributed by atoms with van der Waals surface area (Å²) in [6, 6.07) is 13.3. The molecule has 1 amide bonds. The number of aryl methyl sites for hydroxylation is 2. The Kier molecular flexibility index (Phi) is 5.03. The Labute approximate surface area is 131 Å². The van der Waals surface area contributed by atoms with Crippen molar-refractivity contribution in [2.24, 2.45) is 0 Å². The highest BCUT2D eigenvalue weighted by Crippen LogP contribution is 2.21. The summed E-state index contributed by atoms with van der Waals surface area (Å²) in [6.07, 6.45) is 0.842. The standard InChI is InChI=1S/C18H20ClNO/c1-4-17(14-9-8-12(2)13(3)10-14)20-18(21)15-6-5-7-16(19)11-15/h5-11,17H,4H2,1-3H3,(H,20,21). The van der Waals surface area contributed by atoms with Crippen molar-refractivity contribution < 1.29 is 4.79 Å². The van der Waals surface area contributed by atoms with Gasteiger partial charge in [-0.05, 0) is 55.2 Å². The molecule has 1 atom stereocenters. The number of nitrogens with one attached hydrogen (secondary N) is 1. The van der Waals surface area contributed by atoms with Gasteiger partial charge in [-0.1, -0.05) is 42.8 Å². The average Bonchev–Trinajstić information content (AvgIpc) is 2.47. The Morgan fingerprint density at radius 2 is 1.90 bits per heavy atom. The Morgan fingerprint density at radius 1 is 1.14 bits per heavy atom. The minimum atomic E-state index is -0.0948. The third-order valence-electron chi connectivity index (χ3n) is 3.73. The molecule has 2 aromatic carbocycles. The molecule has 1 unspecified atom stereocenters. The van der Waals surface area contributed by atoms with Gasteiger partial charge in [0.2, 0.25) is 0 Å². The normalized spacial score (nSPS) is 12.0. The van der Waals surface area contributed by atoms with Gasteiger partial charge in [0.05, 0.1) is 6.04 Å². The molecule has 1 N–H and O–H groups in total. The van der Waals surface area contributed by atoms with Crippen molar-refractivity contribution in [3.63, 3.8) is 0 Å². The topological polar surface area (TPSA) is 29.1 Å². The first-order valence-electron chi connectivity index (χ1n) is 7.15. The van der Waals surface area contributed by atoms with Crippen molar-refractivity contribution in [3.8, 4) is 0 Å². The summed E-state index contributed by atoms with van der Waals surface area (Å²) in [5.41, 5.74) is 4.22. The van der Waals surface area contributed by atoms with Crippen molar-refractivity contribution in [2.45, 2.75) is 33.2 Å². The molecule has 0 aliphatic carbocycles. The minimum absolute atomic E-state index is 0.00998. The zero-order valence-corrected chi connectivity index (χ0v) is 13.4. The van der Waals surface area contributed by atoms with Crippen LogP contribution in [-0.2, 0) is 0 Å². The van der Waals surface area contributed by atoms with Gasteiger partial charge in [-0.2, -0.15) is 0 Å². The fourth-order valence-electron chi connectivity index (χ4n) is 2.27. The first-order chi connectivity index (χ1) is 10.0.